The molecule has 0 fully saturated rings. The van der Waals surface area contributed by atoms with E-state index in [4.69, 9.17) is 5.73 Å². The van der Waals surface area contributed by atoms with Gasteiger partial charge in [0, 0.05) is 35.0 Å². The summed E-state index contributed by atoms with van der Waals surface area (Å²) < 4.78 is 13.2. The highest BCUT2D eigenvalue weighted by molar-refractivity contribution is 7.84. The van der Waals surface area contributed by atoms with E-state index in [0.29, 0.717) is 12.5 Å². The summed E-state index contributed by atoms with van der Waals surface area (Å²) in [6.07, 6.45) is 3.43. The standard InChI is InChI=1S/C11H16N4OS/c1-7-4-5-13-10-9(7)14-11(12)15(10)6-8(2)17(3)16/h4-5,8H,6H2,1-3H3,(H2,12,14). The van der Waals surface area contributed by atoms with Crippen LogP contribution in [0.25, 0.3) is 11.2 Å². The molecule has 2 aromatic rings. The maximum absolute atomic E-state index is 11.4. The van der Waals surface area contributed by atoms with E-state index in [9.17, 15) is 4.21 Å². The Labute approximate surface area is 103 Å². The highest BCUT2D eigenvalue weighted by atomic mass is 32.2. The van der Waals surface area contributed by atoms with Crippen molar-refractivity contribution in [2.45, 2.75) is 25.6 Å². The molecule has 0 aromatic carbocycles. The Balaban J connectivity index is 2.50. The minimum atomic E-state index is -0.883. The van der Waals surface area contributed by atoms with Gasteiger partial charge in [0.05, 0.1) is 0 Å². The van der Waals surface area contributed by atoms with Crippen LogP contribution in [0.1, 0.15) is 12.5 Å². The first-order chi connectivity index (χ1) is 8.00. The van der Waals surface area contributed by atoms with Gasteiger partial charge >= 0.3 is 0 Å². The molecule has 2 aromatic heterocycles. The lowest BCUT2D eigenvalue weighted by Gasteiger charge is -2.10. The van der Waals surface area contributed by atoms with Crippen molar-refractivity contribution in [3.63, 3.8) is 0 Å². The fourth-order valence-electron chi connectivity index (χ4n) is 1.70. The highest BCUT2D eigenvalue weighted by Crippen LogP contribution is 2.19. The second-order valence-corrected chi connectivity index (χ2v) is 5.99. The van der Waals surface area contributed by atoms with Crippen molar-refractivity contribution in [3.8, 4) is 0 Å². The van der Waals surface area contributed by atoms with Crippen LogP contribution in [0, 0.1) is 6.92 Å². The molecule has 2 atom stereocenters. The lowest BCUT2D eigenvalue weighted by molar-refractivity contribution is 0.652. The van der Waals surface area contributed by atoms with Crippen LogP contribution >= 0.6 is 0 Å². The topological polar surface area (TPSA) is 73.8 Å². The van der Waals surface area contributed by atoms with Crippen molar-refractivity contribution in [2.75, 3.05) is 12.0 Å². The summed E-state index contributed by atoms with van der Waals surface area (Å²) in [7, 11) is -0.883. The Kier molecular flexibility index (Phi) is 3.15. The van der Waals surface area contributed by atoms with Gasteiger partial charge in [0.25, 0.3) is 0 Å². The van der Waals surface area contributed by atoms with E-state index in [1.54, 1.807) is 12.5 Å². The van der Waals surface area contributed by atoms with Crippen LogP contribution in [0.2, 0.25) is 0 Å². The number of hydrogen-bond donors (Lipinski definition) is 1. The second-order valence-electron chi connectivity index (χ2n) is 4.19. The molecule has 2 heterocycles. The molecule has 92 valence electrons. The average Bonchev–Trinajstić information content (AvgIpc) is 2.58. The van der Waals surface area contributed by atoms with Crippen LogP contribution in [0.15, 0.2) is 12.3 Å². The van der Waals surface area contributed by atoms with Gasteiger partial charge in [-0.05, 0) is 25.5 Å². The van der Waals surface area contributed by atoms with Crippen LogP contribution in [-0.4, -0.2) is 30.2 Å². The summed E-state index contributed by atoms with van der Waals surface area (Å²) in [6, 6.07) is 1.90. The third-order valence-electron chi connectivity index (χ3n) is 2.87. The van der Waals surface area contributed by atoms with Gasteiger partial charge < -0.3 is 5.73 Å². The number of nitrogens with two attached hydrogens (primary N) is 1. The van der Waals surface area contributed by atoms with E-state index >= 15 is 0 Å². The van der Waals surface area contributed by atoms with Crippen molar-refractivity contribution in [3.05, 3.63) is 17.8 Å². The quantitative estimate of drug-likeness (QED) is 0.887. The van der Waals surface area contributed by atoms with Gasteiger partial charge in [-0.1, -0.05) is 0 Å². The van der Waals surface area contributed by atoms with Gasteiger partial charge in [-0.25, -0.2) is 9.97 Å². The smallest absolute Gasteiger partial charge is 0.202 e. The predicted molar refractivity (Wildman–Crippen MR) is 70.2 cm³/mol. The number of hydrogen-bond acceptors (Lipinski definition) is 4. The van der Waals surface area contributed by atoms with E-state index in [-0.39, 0.29) is 5.25 Å². The Bertz CT molecular complexity index is 578. The van der Waals surface area contributed by atoms with Crippen molar-refractivity contribution in [2.24, 2.45) is 0 Å². The number of fused-ring (bicyclic) bond motifs is 1. The summed E-state index contributed by atoms with van der Waals surface area (Å²) in [5.74, 6) is 0.430. The number of pyridine rings is 1. The lowest BCUT2D eigenvalue weighted by atomic mass is 10.3. The summed E-state index contributed by atoms with van der Waals surface area (Å²) in [4.78, 5) is 8.60. The Morgan fingerprint density at radius 1 is 1.59 bits per heavy atom. The lowest BCUT2D eigenvalue weighted by Crippen LogP contribution is -2.19. The van der Waals surface area contributed by atoms with Gasteiger partial charge in [-0.3, -0.25) is 8.78 Å². The molecule has 0 saturated heterocycles. The SMILES string of the molecule is Cc1ccnc2c1nc(N)n2CC(C)S(C)=O. The van der Waals surface area contributed by atoms with Gasteiger partial charge in [0.1, 0.15) is 5.52 Å². The van der Waals surface area contributed by atoms with Crippen LogP contribution < -0.4 is 5.73 Å². The summed E-state index contributed by atoms with van der Waals surface area (Å²) in [6.45, 7) is 4.47. The molecule has 17 heavy (non-hydrogen) atoms. The minimum Gasteiger partial charge on any atom is -0.369 e. The maximum atomic E-state index is 11.4. The first kappa shape index (κ1) is 12.0. The molecule has 0 aliphatic rings. The average molecular weight is 252 g/mol. The van der Waals surface area contributed by atoms with E-state index < -0.39 is 10.8 Å². The molecule has 0 radical (unpaired) electrons. The summed E-state index contributed by atoms with van der Waals surface area (Å²) in [5, 5.41) is 0.0250. The molecule has 0 amide bonds. The molecule has 5 nitrogen and oxygen atoms in total. The third-order valence-corrected chi connectivity index (χ3v) is 4.15. The zero-order valence-electron chi connectivity index (χ0n) is 10.2. The zero-order chi connectivity index (χ0) is 12.6. The van der Waals surface area contributed by atoms with E-state index in [0.717, 1.165) is 16.7 Å². The second kappa shape index (κ2) is 4.44. The molecular weight excluding hydrogens is 236 g/mol. The molecule has 0 spiro atoms. The minimum absolute atomic E-state index is 0.0250. The number of imidazole rings is 1. The van der Waals surface area contributed by atoms with Gasteiger partial charge in [0.2, 0.25) is 5.95 Å². The Morgan fingerprint density at radius 2 is 2.29 bits per heavy atom. The van der Waals surface area contributed by atoms with Crippen molar-refractivity contribution in [1.82, 2.24) is 14.5 Å². The van der Waals surface area contributed by atoms with Gasteiger partial charge in [0.15, 0.2) is 5.65 Å². The highest BCUT2D eigenvalue weighted by Gasteiger charge is 2.15. The van der Waals surface area contributed by atoms with E-state index in [2.05, 4.69) is 9.97 Å². The molecule has 6 heteroatoms. The number of anilines is 1. The number of nitrogen functional groups attached to an aromatic ring is 1. The summed E-state index contributed by atoms with van der Waals surface area (Å²) in [5.41, 5.74) is 8.51. The normalized spacial score (nSPS) is 15.0. The molecule has 2 rings (SSSR count). The first-order valence-corrected chi connectivity index (χ1v) is 7.02. The molecular formula is C11H16N4OS. The largest absolute Gasteiger partial charge is 0.369 e. The number of aromatic nitrogens is 3. The molecule has 0 aliphatic heterocycles. The van der Waals surface area contributed by atoms with Crippen molar-refractivity contribution >= 4 is 27.9 Å². The van der Waals surface area contributed by atoms with Gasteiger partial charge in [-0.15, -0.1) is 0 Å². The van der Waals surface area contributed by atoms with E-state index in [1.807, 2.05) is 24.5 Å². The third kappa shape index (κ3) is 2.17. The number of nitrogens with zero attached hydrogens (tertiary/aromatic N) is 3. The van der Waals surface area contributed by atoms with Crippen LogP contribution in [-0.2, 0) is 17.3 Å². The zero-order valence-corrected chi connectivity index (χ0v) is 11.0. The number of rotatable bonds is 3. The van der Waals surface area contributed by atoms with Crippen LogP contribution in [0.3, 0.4) is 0 Å². The molecule has 0 aliphatic carbocycles. The van der Waals surface area contributed by atoms with Crippen molar-refractivity contribution in [1.29, 1.82) is 0 Å². The van der Waals surface area contributed by atoms with Crippen molar-refractivity contribution < 1.29 is 4.21 Å². The maximum Gasteiger partial charge on any atom is 0.202 e. The van der Waals surface area contributed by atoms with Gasteiger partial charge in [-0.2, -0.15) is 0 Å². The Hall–Kier alpha value is -1.43. The summed E-state index contributed by atoms with van der Waals surface area (Å²) >= 11 is 0. The molecule has 2 unspecified atom stereocenters. The van der Waals surface area contributed by atoms with E-state index in [1.165, 1.54) is 0 Å². The molecule has 2 N–H and O–H groups in total. The number of aryl methyl sites for hydroxylation is 1. The first-order valence-electron chi connectivity index (χ1n) is 5.40. The molecule has 0 saturated carbocycles. The van der Waals surface area contributed by atoms with Crippen LogP contribution in [0.4, 0.5) is 5.95 Å². The monoisotopic (exact) mass is 252 g/mol. The molecule has 0 bridgehead atoms. The fraction of sp³-hybridized carbons (Fsp3) is 0.455. The Morgan fingerprint density at radius 3 is 2.94 bits per heavy atom. The predicted octanol–water partition coefficient (Wildman–Crippen LogP) is 1.09. The fourth-order valence-corrected chi connectivity index (χ4v) is 2.06. The van der Waals surface area contributed by atoms with Crippen LogP contribution in [0.5, 0.6) is 0 Å².